The van der Waals surface area contributed by atoms with E-state index in [2.05, 4.69) is 11.9 Å². The molecule has 2 amide bonds. The first-order valence-corrected chi connectivity index (χ1v) is 14.0. The second kappa shape index (κ2) is 13.2. The van der Waals surface area contributed by atoms with E-state index in [1.807, 2.05) is 27.7 Å². The Bertz CT molecular complexity index is 886. The third-order valence-corrected chi connectivity index (χ3v) is 7.75. The fraction of sp³-hybridized carbons (Fsp3) is 0.793. The molecule has 9 heteroatoms. The van der Waals surface area contributed by atoms with Crippen molar-refractivity contribution in [1.29, 1.82) is 0 Å². The molecule has 3 aliphatic rings. The van der Waals surface area contributed by atoms with Crippen LogP contribution in [0.25, 0.3) is 0 Å². The molecule has 0 aromatic rings. The molecular formula is C29H46N2O7. The van der Waals surface area contributed by atoms with Crippen LogP contribution in [-0.4, -0.2) is 79.6 Å². The number of alkyl carbamates (subject to hydrolysis) is 1. The van der Waals surface area contributed by atoms with E-state index < -0.39 is 29.7 Å². The number of amides is 2. The molecule has 0 radical (unpaired) electrons. The number of hydrogen-bond acceptors (Lipinski definition) is 7. The highest BCUT2D eigenvalue weighted by Gasteiger charge is 2.44. The number of ketones is 2. The van der Waals surface area contributed by atoms with Crippen molar-refractivity contribution < 1.29 is 33.4 Å². The number of hydrogen-bond donors (Lipinski definition) is 1. The van der Waals surface area contributed by atoms with Gasteiger partial charge in [-0.15, -0.1) is 0 Å². The first-order valence-electron chi connectivity index (χ1n) is 14.0. The molecule has 0 spiro atoms. The maximum Gasteiger partial charge on any atom is 0.408 e. The molecule has 0 aromatic heterocycles. The van der Waals surface area contributed by atoms with Gasteiger partial charge in [-0.05, 0) is 42.9 Å². The van der Waals surface area contributed by atoms with Gasteiger partial charge < -0.3 is 24.4 Å². The first-order chi connectivity index (χ1) is 17.9. The Kier molecular flexibility index (Phi) is 10.5. The lowest BCUT2D eigenvalue weighted by Crippen LogP contribution is -2.57. The summed E-state index contributed by atoms with van der Waals surface area (Å²) in [7, 11) is 1.53. The normalized spacial score (nSPS) is 24.1. The minimum atomic E-state index is -0.892. The van der Waals surface area contributed by atoms with Gasteiger partial charge in [0.05, 0.1) is 19.3 Å². The number of Topliss-reactive ketones (excluding diaryl/α,β-unsaturated/α-hetero) is 2. The molecule has 5 atom stereocenters. The quantitative estimate of drug-likeness (QED) is 0.358. The predicted molar refractivity (Wildman–Crippen MR) is 143 cm³/mol. The highest BCUT2D eigenvalue weighted by Crippen LogP contribution is 2.35. The van der Waals surface area contributed by atoms with Gasteiger partial charge in [0, 0.05) is 32.9 Å². The fourth-order valence-electron chi connectivity index (χ4n) is 5.48. The largest absolute Gasteiger partial charge is 0.444 e. The average Bonchev–Trinajstić information content (AvgIpc) is 3.33. The number of carbonyl (C=O) groups excluding carboxylic acids is 4. The number of ether oxygens (including phenoxy) is 3. The van der Waals surface area contributed by atoms with Crippen molar-refractivity contribution in [3.8, 4) is 0 Å². The van der Waals surface area contributed by atoms with Crippen LogP contribution in [0.15, 0.2) is 12.2 Å². The molecule has 1 aliphatic carbocycles. The molecule has 2 aliphatic heterocycles. The van der Waals surface area contributed by atoms with Crippen LogP contribution >= 0.6 is 0 Å². The van der Waals surface area contributed by atoms with E-state index in [1.54, 1.807) is 0 Å². The van der Waals surface area contributed by atoms with Crippen LogP contribution in [0.3, 0.4) is 0 Å². The van der Waals surface area contributed by atoms with E-state index in [0.29, 0.717) is 44.8 Å². The Morgan fingerprint density at radius 2 is 1.89 bits per heavy atom. The predicted octanol–water partition coefficient (Wildman–Crippen LogP) is 3.83. The van der Waals surface area contributed by atoms with Crippen LogP contribution < -0.4 is 5.32 Å². The summed E-state index contributed by atoms with van der Waals surface area (Å²) in [6.45, 7) is 12.8. The van der Waals surface area contributed by atoms with Crippen molar-refractivity contribution in [3.05, 3.63) is 12.2 Å². The zero-order valence-corrected chi connectivity index (χ0v) is 23.8. The van der Waals surface area contributed by atoms with Gasteiger partial charge in [0.25, 0.3) is 0 Å². The summed E-state index contributed by atoms with van der Waals surface area (Å²) < 4.78 is 16.3. The lowest BCUT2D eigenvalue weighted by molar-refractivity contribution is -0.142. The molecule has 1 unspecified atom stereocenters. The Hall–Kier alpha value is -2.26. The number of carbonyl (C=O) groups is 4. The van der Waals surface area contributed by atoms with Gasteiger partial charge in [0.2, 0.25) is 5.91 Å². The summed E-state index contributed by atoms with van der Waals surface area (Å²) in [5.74, 6) is -0.175. The van der Waals surface area contributed by atoms with Crippen molar-refractivity contribution in [2.24, 2.45) is 17.3 Å². The molecule has 214 valence electrons. The van der Waals surface area contributed by atoms with E-state index >= 15 is 0 Å². The Morgan fingerprint density at radius 3 is 2.45 bits per heavy atom. The third kappa shape index (κ3) is 8.12. The molecule has 1 N–H and O–H groups in total. The summed E-state index contributed by atoms with van der Waals surface area (Å²) in [4.78, 5) is 54.6. The lowest BCUT2D eigenvalue weighted by Gasteiger charge is -2.35. The van der Waals surface area contributed by atoms with Gasteiger partial charge in [-0.3, -0.25) is 14.4 Å². The van der Waals surface area contributed by atoms with Gasteiger partial charge in [0.15, 0.2) is 11.6 Å². The average molecular weight is 535 g/mol. The first kappa shape index (κ1) is 30.3. The summed E-state index contributed by atoms with van der Waals surface area (Å²) in [6.07, 6.45) is 3.68. The highest BCUT2D eigenvalue weighted by atomic mass is 16.6. The van der Waals surface area contributed by atoms with Crippen LogP contribution in [0.5, 0.6) is 0 Å². The van der Waals surface area contributed by atoms with Crippen molar-refractivity contribution in [2.75, 3.05) is 26.9 Å². The molecule has 2 saturated heterocycles. The summed E-state index contributed by atoms with van der Waals surface area (Å²) >= 11 is 0. The molecule has 2 heterocycles. The smallest absolute Gasteiger partial charge is 0.408 e. The number of methoxy groups -OCH3 is 1. The maximum absolute atomic E-state index is 13.8. The summed E-state index contributed by atoms with van der Waals surface area (Å²) in [5.41, 5.74) is 0.163. The maximum atomic E-state index is 13.8. The zero-order chi connectivity index (χ0) is 28.0. The summed E-state index contributed by atoms with van der Waals surface area (Å²) in [6, 6.07) is -1.58. The molecule has 0 bridgehead atoms. The number of nitrogens with one attached hydrogen (secondary N) is 1. The Balaban J connectivity index is 1.72. The molecular weight excluding hydrogens is 488 g/mol. The molecule has 3 rings (SSSR count). The monoisotopic (exact) mass is 534 g/mol. The lowest BCUT2D eigenvalue weighted by atomic mass is 9.84. The standard InChI is InChI=1S/C29H46N2O7/c1-7-8-20(25(36-6)24(33)14-19-9-10-19)15-23(32)22-13-18(2)16-31(22)27(34)26(29(3,4)5)30-28(35)38-21-11-12-37-17-21/h19-22,25-26H,2,7-17H2,1,3-6H3,(H,30,35)/t20-,21+,22+,25?,26-/m1/s1. The molecule has 3 fully saturated rings. The number of likely N-dealkylation sites (tertiary alicyclic amines) is 1. The van der Waals surface area contributed by atoms with E-state index in [0.717, 1.165) is 24.8 Å². The minimum absolute atomic E-state index is 0.0631. The van der Waals surface area contributed by atoms with Crippen molar-refractivity contribution >= 4 is 23.6 Å². The van der Waals surface area contributed by atoms with Crippen molar-refractivity contribution in [3.63, 3.8) is 0 Å². The molecule has 9 nitrogen and oxygen atoms in total. The minimum Gasteiger partial charge on any atom is -0.444 e. The van der Waals surface area contributed by atoms with Gasteiger partial charge in [-0.1, -0.05) is 46.3 Å². The zero-order valence-electron chi connectivity index (χ0n) is 23.8. The van der Waals surface area contributed by atoms with Crippen LogP contribution in [0, 0.1) is 17.3 Å². The van der Waals surface area contributed by atoms with E-state index in [9.17, 15) is 19.2 Å². The number of rotatable bonds is 13. The highest BCUT2D eigenvalue weighted by molar-refractivity contribution is 5.94. The second-order valence-electron chi connectivity index (χ2n) is 12.3. The summed E-state index contributed by atoms with van der Waals surface area (Å²) in [5, 5.41) is 2.75. The van der Waals surface area contributed by atoms with Gasteiger partial charge in [0.1, 0.15) is 18.2 Å². The van der Waals surface area contributed by atoms with Crippen molar-refractivity contribution in [1.82, 2.24) is 10.2 Å². The second-order valence-corrected chi connectivity index (χ2v) is 12.3. The van der Waals surface area contributed by atoms with E-state index in [-0.39, 0.29) is 42.5 Å². The third-order valence-electron chi connectivity index (χ3n) is 7.75. The molecule has 0 aromatic carbocycles. The SMILES string of the molecule is C=C1C[C@@H](C(=O)C[C@@H](CCC)C(OC)C(=O)CC2CC2)N(C(=O)[C@@H](NC(=O)O[C@H]2CCOC2)C(C)(C)C)C1. The van der Waals surface area contributed by atoms with Gasteiger partial charge >= 0.3 is 6.09 Å². The molecule has 38 heavy (non-hydrogen) atoms. The number of nitrogens with zero attached hydrogens (tertiary/aromatic N) is 1. The van der Waals surface area contributed by atoms with Crippen LogP contribution in [0.2, 0.25) is 0 Å². The fourth-order valence-corrected chi connectivity index (χ4v) is 5.48. The Labute approximate surface area is 227 Å². The van der Waals surface area contributed by atoms with Crippen LogP contribution in [-0.2, 0) is 28.6 Å². The van der Waals surface area contributed by atoms with E-state index in [4.69, 9.17) is 14.2 Å². The Morgan fingerprint density at radius 1 is 1.18 bits per heavy atom. The topological polar surface area (TPSA) is 111 Å². The van der Waals surface area contributed by atoms with Crippen LogP contribution in [0.1, 0.15) is 79.1 Å². The van der Waals surface area contributed by atoms with Crippen LogP contribution in [0.4, 0.5) is 4.79 Å². The van der Waals surface area contributed by atoms with Gasteiger partial charge in [-0.2, -0.15) is 0 Å². The van der Waals surface area contributed by atoms with E-state index in [1.165, 1.54) is 12.0 Å². The van der Waals surface area contributed by atoms with Crippen molar-refractivity contribution in [2.45, 2.75) is 103 Å². The molecule has 1 saturated carbocycles. The van der Waals surface area contributed by atoms with Gasteiger partial charge in [-0.25, -0.2) is 4.79 Å².